The third-order valence-electron chi connectivity index (χ3n) is 12.5. The van der Waals surface area contributed by atoms with E-state index in [1.807, 2.05) is 43.3 Å². The number of aromatic nitrogens is 1. The van der Waals surface area contributed by atoms with Crippen LogP contribution in [0.5, 0.6) is 11.5 Å². The van der Waals surface area contributed by atoms with E-state index in [-0.39, 0.29) is 42.5 Å². The van der Waals surface area contributed by atoms with Gasteiger partial charge in [-0.2, -0.15) is 0 Å². The van der Waals surface area contributed by atoms with Crippen molar-refractivity contribution in [2.75, 3.05) is 45.9 Å². The van der Waals surface area contributed by atoms with E-state index >= 15 is 0 Å². The molecule has 4 aromatic rings. The average Bonchev–Trinajstić information content (AvgIpc) is 3.75. The lowest BCUT2D eigenvalue weighted by atomic mass is 9.80. The van der Waals surface area contributed by atoms with Gasteiger partial charge in [-0.05, 0) is 66.6 Å². The molecule has 4 atom stereocenters. The highest BCUT2D eigenvalue weighted by molar-refractivity contribution is 5.87. The number of aliphatic hydroxyl groups excluding tert-OH is 2. The van der Waals surface area contributed by atoms with Crippen LogP contribution in [-0.2, 0) is 16.9 Å². The summed E-state index contributed by atoms with van der Waals surface area (Å²) in [6.07, 6.45) is 6.94. The van der Waals surface area contributed by atoms with E-state index < -0.39 is 11.7 Å². The van der Waals surface area contributed by atoms with E-state index in [0.29, 0.717) is 41.3 Å². The van der Waals surface area contributed by atoms with Gasteiger partial charge in [0, 0.05) is 54.8 Å². The first kappa shape index (κ1) is 37.5. The smallest absolute Gasteiger partial charge is 0.248 e. The molecule has 4 aliphatic rings. The van der Waals surface area contributed by atoms with Crippen LogP contribution in [0.2, 0.25) is 0 Å². The van der Waals surface area contributed by atoms with Crippen molar-refractivity contribution in [2.24, 2.45) is 11.8 Å². The molecule has 6 N–H and O–H groups in total. The second-order valence-electron chi connectivity index (χ2n) is 15.8. The molecule has 0 unspecified atom stereocenters. The second-order valence-corrected chi connectivity index (χ2v) is 15.8. The van der Waals surface area contributed by atoms with Crippen LogP contribution < -0.4 is 15.6 Å². The maximum Gasteiger partial charge on any atom is 0.248 e. The van der Waals surface area contributed by atoms with Crippen LogP contribution in [0.3, 0.4) is 0 Å². The molecule has 53 heavy (non-hydrogen) atoms. The van der Waals surface area contributed by atoms with Crippen molar-refractivity contribution in [2.45, 2.75) is 82.3 Å². The molecule has 3 saturated heterocycles. The number of nitrogens with one attached hydrogen (secondary N) is 2. The molecule has 1 saturated carbocycles. The van der Waals surface area contributed by atoms with Crippen LogP contribution in [0.4, 0.5) is 0 Å². The van der Waals surface area contributed by atoms with Gasteiger partial charge in [0.15, 0.2) is 0 Å². The summed E-state index contributed by atoms with van der Waals surface area (Å²) in [7, 11) is 0. The molecule has 284 valence electrons. The summed E-state index contributed by atoms with van der Waals surface area (Å²) in [5.74, 6) is 1.43. The van der Waals surface area contributed by atoms with Crippen LogP contribution in [0.15, 0.2) is 77.6 Å². The molecular formula is C43H56N3O7+. The summed E-state index contributed by atoms with van der Waals surface area (Å²) in [5.41, 5.74) is 2.30. The fourth-order valence-electron chi connectivity index (χ4n) is 9.31. The van der Waals surface area contributed by atoms with Crippen LogP contribution in [0.25, 0.3) is 10.9 Å². The Balaban J connectivity index is 0.909. The van der Waals surface area contributed by atoms with Crippen molar-refractivity contribution in [3.63, 3.8) is 0 Å². The number of fused-ring (bicyclic) bond motifs is 4. The molecule has 1 aliphatic carbocycles. The minimum atomic E-state index is -0.940. The highest BCUT2D eigenvalue weighted by Gasteiger charge is 2.48. The first-order chi connectivity index (χ1) is 25.7. The molecule has 2 bridgehead atoms. The van der Waals surface area contributed by atoms with Gasteiger partial charge >= 0.3 is 0 Å². The number of H-pyrrole nitrogens is 1. The van der Waals surface area contributed by atoms with Gasteiger partial charge in [-0.3, -0.25) is 4.79 Å². The molecule has 10 heteroatoms. The molecule has 0 amide bonds. The zero-order chi connectivity index (χ0) is 37.0. The van der Waals surface area contributed by atoms with Crippen LogP contribution in [0.1, 0.15) is 86.3 Å². The number of aromatic hydroxyl groups is 1. The summed E-state index contributed by atoms with van der Waals surface area (Å²) in [6, 6.07) is 22.0. The van der Waals surface area contributed by atoms with Crippen LogP contribution in [0, 0.1) is 11.8 Å². The number of hydrogen-bond donors (Lipinski definition) is 6. The number of nitrogens with zero attached hydrogens (tertiary/aromatic N) is 1. The number of aliphatic hydroxyl groups is 3. The minimum Gasteiger partial charge on any atom is -0.506 e. The minimum absolute atomic E-state index is 0.0457. The Morgan fingerprint density at radius 2 is 1.77 bits per heavy atom. The van der Waals surface area contributed by atoms with E-state index in [1.54, 1.807) is 12.1 Å². The first-order valence-electron chi connectivity index (χ1n) is 19.6. The second kappa shape index (κ2) is 16.3. The van der Waals surface area contributed by atoms with Gasteiger partial charge in [-0.1, -0.05) is 55.3 Å². The largest absolute Gasteiger partial charge is 0.506 e. The highest BCUT2D eigenvalue weighted by Crippen LogP contribution is 2.43. The predicted octanol–water partition coefficient (Wildman–Crippen LogP) is 5.58. The molecule has 4 fully saturated rings. The highest BCUT2D eigenvalue weighted by atomic mass is 16.5. The molecule has 0 spiro atoms. The molecule has 10 nitrogen and oxygen atoms in total. The van der Waals surface area contributed by atoms with Crippen molar-refractivity contribution >= 4 is 10.9 Å². The molecule has 3 aromatic carbocycles. The van der Waals surface area contributed by atoms with Gasteiger partial charge in [0.1, 0.15) is 29.7 Å². The van der Waals surface area contributed by atoms with Gasteiger partial charge in [-0.15, -0.1) is 0 Å². The SMILES string of the molecule is C[C@@H](NC[C@H](O)c1ccc(O)c2[nH]c(=O)ccc12)c1ccc(OCCC[N+]23CCC(CC2)[C@@H](OC[C@@](O)(c2ccccc2)C2CCCC2)C3)c(CO)c1. The predicted molar refractivity (Wildman–Crippen MR) is 205 cm³/mol. The van der Waals surface area contributed by atoms with Crippen LogP contribution >= 0.6 is 0 Å². The number of hydrogen-bond acceptors (Lipinski definition) is 8. The maximum absolute atomic E-state index is 12.1. The molecule has 0 radical (unpaired) electrons. The van der Waals surface area contributed by atoms with E-state index in [0.717, 1.165) is 79.5 Å². The number of phenols is 1. The Morgan fingerprint density at radius 1 is 1.00 bits per heavy atom. The van der Waals surface area contributed by atoms with Crippen LogP contribution in [-0.4, -0.2) is 81.9 Å². The summed E-state index contributed by atoms with van der Waals surface area (Å²) in [6.45, 7) is 7.34. The lowest BCUT2D eigenvalue weighted by molar-refractivity contribution is -0.946. The Hall–Kier alpha value is -3.77. The Kier molecular flexibility index (Phi) is 11.5. The normalized spacial score (nSPS) is 23.9. The Morgan fingerprint density at radius 3 is 2.53 bits per heavy atom. The molecule has 4 heterocycles. The number of rotatable bonds is 16. The monoisotopic (exact) mass is 726 g/mol. The quantitative estimate of drug-likeness (QED) is 0.0649. The number of piperidine rings is 3. The third kappa shape index (κ3) is 8.18. The molecular weight excluding hydrogens is 670 g/mol. The van der Waals surface area contributed by atoms with Crippen molar-refractivity contribution in [3.05, 3.63) is 105 Å². The topological polar surface area (TPSA) is 144 Å². The Bertz CT molecular complexity index is 1890. The van der Waals surface area contributed by atoms with E-state index in [4.69, 9.17) is 9.47 Å². The van der Waals surface area contributed by atoms with Gasteiger partial charge in [-0.25, -0.2) is 0 Å². The molecule has 8 rings (SSSR count). The van der Waals surface area contributed by atoms with Gasteiger partial charge < -0.3 is 44.7 Å². The van der Waals surface area contributed by atoms with Gasteiger partial charge in [0.05, 0.1) is 51.1 Å². The van der Waals surface area contributed by atoms with Crippen molar-refractivity contribution in [3.8, 4) is 11.5 Å². The van der Waals surface area contributed by atoms with Crippen molar-refractivity contribution in [1.29, 1.82) is 0 Å². The summed E-state index contributed by atoms with van der Waals surface area (Å²) in [4.78, 5) is 14.4. The van der Waals surface area contributed by atoms with Gasteiger partial charge in [0.2, 0.25) is 5.56 Å². The lowest BCUT2D eigenvalue weighted by Gasteiger charge is -2.53. The number of aromatic amines is 1. The number of ether oxygens (including phenoxy) is 2. The zero-order valence-corrected chi connectivity index (χ0v) is 30.9. The number of phenolic OH excluding ortho intramolecular Hbond substituents is 1. The lowest BCUT2D eigenvalue weighted by Crippen LogP contribution is -2.65. The summed E-state index contributed by atoms with van der Waals surface area (Å²) >= 11 is 0. The fraction of sp³-hybridized carbons (Fsp3) is 0.512. The van der Waals surface area contributed by atoms with Crippen molar-refractivity contribution in [1.82, 2.24) is 10.3 Å². The average molecular weight is 727 g/mol. The third-order valence-corrected chi connectivity index (χ3v) is 12.5. The number of benzene rings is 3. The van der Waals surface area contributed by atoms with Crippen molar-refractivity contribution < 1.29 is 34.4 Å². The number of quaternary nitrogens is 1. The molecule has 1 aromatic heterocycles. The van der Waals surface area contributed by atoms with E-state index in [2.05, 4.69) is 22.4 Å². The first-order valence-corrected chi connectivity index (χ1v) is 19.6. The zero-order valence-electron chi connectivity index (χ0n) is 30.9. The maximum atomic E-state index is 12.1. The molecule has 3 aliphatic heterocycles. The standard InChI is InChI=1S/C43H55N3O7/c1-29(44-25-38(49)35-13-15-37(48)42-36(35)14-17-41(50)45-42)31-12-16-39(32(24-31)27-47)52-23-7-20-46-21-18-30(19-22-46)40(26-46)53-28-43(51,34-10-5-6-11-34)33-8-3-2-4-9-33/h2-4,8-9,12-17,24,29-30,34,38,40,44,47,49,51H,5-7,10-11,18-23,25-28H2,1H3,(H-,45,48,50)/p+1/t29-,30?,38+,40+,43-,46?/m1/s1. The summed E-state index contributed by atoms with van der Waals surface area (Å²) in [5, 5.41) is 47.5. The van der Waals surface area contributed by atoms with E-state index in [1.165, 1.54) is 25.0 Å². The number of pyridine rings is 1. The van der Waals surface area contributed by atoms with E-state index in [9.17, 15) is 25.2 Å². The fourth-order valence-corrected chi connectivity index (χ4v) is 9.31. The Labute approximate surface area is 312 Å². The van der Waals surface area contributed by atoms with Gasteiger partial charge in [0.25, 0.3) is 0 Å². The summed E-state index contributed by atoms with van der Waals surface area (Å²) < 4.78 is 14.0.